The van der Waals surface area contributed by atoms with Gasteiger partial charge in [-0.15, -0.1) is 0 Å². The van der Waals surface area contributed by atoms with Gasteiger partial charge in [-0.05, 0) is 31.4 Å². The number of rotatable bonds is 3. The fourth-order valence-electron chi connectivity index (χ4n) is 2.57. The van der Waals surface area contributed by atoms with Crippen molar-refractivity contribution in [1.29, 1.82) is 0 Å². The van der Waals surface area contributed by atoms with Crippen molar-refractivity contribution in [1.82, 2.24) is 4.90 Å². The second-order valence-corrected chi connectivity index (χ2v) is 4.89. The number of ether oxygens (including phenoxy) is 2. The molecule has 1 amide bonds. The smallest absolute Gasteiger partial charge is 0.328 e. The number of amides is 1. The number of likely N-dealkylation sites (tertiary alicyclic amines) is 1. The monoisotopic (exact) mass is 293 g/mol. The number of carbonyl (C=O) groups is 2. The molecule has 6 heteroatoms. The molecule has 1 N–H and O–H groups in total. The molecular weight excluding hydrogens is 274 g/mol. The topological polar surface area (TPSA) is 76.1 Å². The van der Waals surface area contributed by atoms with Crippen molar-refractivity contribution < 1.29 is 24.2 Å². The first-order chi connectivity index (χ1) is 10.1. The molecule has 2 rings (SSSR count). The molecule has 1 aromatic rings. The number of hydrogen-bond donors (Lipinski definition) is 1. The summed E-state index contributed by atoms with van der Waals surface area (Å²) < 4.78 is 9.77. The summed E-state index contributed by atoms with van der Waals surface area (Å²) in [6.45, 7) is 0.468. The number of carbonyl (C=O) groups excluding carboxylic acids is 2. The maximum absolute atomic E-state index is 12.6. The van der Waals surface area contributed by atoms with Crippen LogP contribution in [0.25, 0.3) is 0 Å². The minimum atomic E-state index is -0.596. The van der Waals surface area contributed by atoms with Gasteiger partial charge in [0.1, 0.15) is 6.04 Å². The first kappa shape index (κ1) is 15.2. The summed E-state index contributed by atoms with van der Waals surface area (Å²) in [7, 11) is 2.73. The van der Waals surface area contributed by atoms with E-state index in [2.05, 4.69) is 0 Å². The minimum Gasteiger partial charge on any atom is -0.504 e. The first-order valence-electron chi connectivity index (χ1n) is 6.85. The summed E-state index contributed by atoms with van der Waals surface area (Å²) in [5, 5.41) is 10.1. The van der Waals surface area contributed by atoms with Crippen LogP contribution >= 0.6 is 0 Å². The molecule has 1 heterocycles. The Morgan fingerprint density at radius 1 is 1.29 bits per heavy atom. The number of phenolic OH excluding ortho intramolecular Hbond substituents is 1. The number of aromatic hydroxyl groups is 1. The highest BCUT2D eigenvalue weighted by molar-refractivity contribution is 5.99. The van der Waals surface area contributed by atoms with Crippen LogP contribution < -0.4 is 4.74 Å². The Hall–Kier alpha value is -2.24. The van der Waals surface area contributed by atoms with Crippen molar-refractivity contribution in [3.63, 3.8) is 0 Å². The molecule has 0 radical (unpaired) electrons. The zero-order valence-corrected chi connectivity index (χ0v) is 12.2. The third-order valence-electron chi connectivity index (χ3n) is 3.69. The van der Waals surface area contributed by atoms with Gasteiger partial charge in [0, 0.05) is 6.54 Å². The Balaban J connectivity index is 2.31. The van der Waals surface area contributed by atoms with Crippen LogP contribution in [0.2, 0.25) is 0 Å². The van der Waals surface area contributed by atoms with Crippen LogP contribution in [0.15, 0.2) is 18.2 Å². The number of hydrogen-bond acceptors (Lipinski definition) is 5. The number of methoxy groups -OCH3 is 2. The molecule has 0 bridgehead atoms. The van der Waals surface area contributed by atoms with E-state index in [1.807, 2.05) is 0 Å². The van der Waals surface area contributed by atoms with E-state index in [0.29, 0.717) is 13.0 Å². The predicted octanol–water partition coefficient (Wildman–Crippen LogP) is 1.57. The Morgan fingerprint density at radius 2 is 2.05 bits per heavy atom. The number of piperidine rings is 1. The number of benzene rings is 1. The van der Waals surface area contributed by atoms with Gasteiger partial charge in [-0.25, -0.2) is 4.79 Å². The van der Waals surface area contributed by atoms with E-state index in [9.17, 15) is 14.7 Å². The van der Waals surface area contributed by atoms with Gasteiger partial charge >= 0.3 is 5.97 Å². The molecular formula is C15H19NO5. The fraction of sp³-hybridized carbons (Fsp3) is 0.467. The lowest BCUT2D eigenvalue weighted by molar-refractivity contribution is -0.147. The lowest BCUT2D eigenvalue weighted by Crippen LogP contribution is -2.48. The van der Waals surface area contributed by atoms with Crippen LogP contribution in [0.3, 0.4) is 0 Å². The molecule has 1 atom stereocenters. The zero-order chi connectivity index (χ0) is 15.4. The second kappa shape index (κ2) is 6.47. The predicted molar refractivity (Wildman–Crippen MR) is 75.4 cm³/mol. The van der Waals surface area contributed by atoms with Gasteiger partial charge in [-0.1, -0.05) is 6.07 Å². The summed E-state index contributed by atoms with van der Waals surface area (Å²) >= 11 is 0. The molecule has 0 saturated carbocycles. The van der Waals surface area contributed by atoms with Crippen LogP contribution in [-0.4, -0.2) is 48.7 Å². The Bertz CT molecular complexity index is 543. The van der Waals surface area contributed by atoms with Gasteiger partial charge in [0.2, 0.25) is 0 Å². The van der Waals surface area contributed by atoms with E-state index in [-0.39, 0.29) is 23.0 Å². The highest BCUT2D eigenvalue weighted by Crippen LogP contribution is 2.31. The molecule has 0 spiro atoms. The molecule has 21 heavy (non-hydrogen) atoms. The van der Waals surface area contributed by atoms with Crippen molar-refractivity contribution >= 4 is 11.9 Å². The van der Waals surface area contributed by atoms with E-state index >= 15 is 0 Å². The summed E-state index contributed by atoms with van der Waals surface area (Å²) in [6, 6.07) is 4.12. The molecule has 1 aromatic carbocycles. The third-order valence-corrected chi connectivity index (χ3v) is 3.69. The van der Waals surface area contributed by atoms with Crippen molar-refractivity contribution in [3.8, 4) is 11.5 Å². The summed E-state index contributed by atoms with van der Waals surface area (Å²) in [6.07, 6.45) is 2.26. The van der Waals surface area contributed by atoms with Gasteiger partial charge in [0.25, 0.3) is 5.91 Å². The van der Waals surface area contributed by atoms with E-state index in [1.165, 1.54) is 25.2 Å². The zero-order valence-electron chi connectivity index (χ0n) is 12.2. The highest BCUT2D eigenvalue weighted by Gasteiger charge is 2.34. The molecule has 1 saturated heterocycles. The van der Waals surface area contributed by atoms with E-state index in [0.717, 1.165) is 12.8 Å². The highest BCUT2D eigenvalue weighted by atomic mass is 16.5. The maximum Gasteiger partial charge on any atom is 0.328 e. The number of esters is 1. The van der Waals surface area contributed by atoms with E-state index in [4.69, 9.17) is 9.47 Å². The normalized spacial score (nSPS) is 18.2. The molecule has 1 fully saturated rings. The van der Waals surface area contributed by atoms with Crippen LogP contribution in [0, 0.1) is 0 Å². The Labute approximate surface area is 123 Å². The third kappa shape index (κ3) is 2.94. The van der Waals surface area contributed by atoms with Gasteiger partial charge in [0.05, 0.1) is 19.8 Å². The molecule has 1 aliphatic rings. The molecule has 0 aromatic heterocycles. The first-order valence-corrected chi connectivity index (χ1v) is 6.85. The average molecular weight is 293 g/mol. The molecule has 0 aliphatic carbocycles. The summed E-state index contributed by atoms with van der Waals surface area (Å²) in [5.41, 5.74) is 0.130. The molecule has 0 unspecified atom stereocenters. The van der Waals surface area contributed by atoms with E-state index < -0.39 is 12.0 Å². The van der Waals surface area contributed by atoms with Gasteiger partial charge in [-0.3, -0.25) is 4.79 Å². The van der Waals surface area contributed by atoms with Crippen LogP contribution in [0.4, 0.5) is 0 Å². The number of nitrogens with zero attached hydrogens (tertiary/aromatic N) is 1. The maximum atomic E-state index is 12.6. The SMILES string of the molecule is COC(=O)[C@H]1CCCCN1C(=O)c1cccc(OC)c1O. The van der Waals surface area contributed by atoms with Crippen LogP contribution in [0.1, 0.15) is 29.6 Å². The Kier molecular flexibility index (Phi) is 4.67. The van der Waals surface area contributed by atoms with Crippen LogP contribution in [-0.2, 0) is 9.53 Å². The molecule has 1 aliphatic heterocycles. The lowest BCUT2D eigenvalue weighted by Gasteiger charge is -2.34. The van der Waals surface area contributed by atoms with Crippen LogP contribution in [0.5, 0.6) is 11.5 Å². The largest absolute Gasteiger partial charge is 0.504 e. The Morgan fingerprint density at radius 3 is 2.71 bits per heavy atom. The molecule has 114 valence electrons. The van der Waals surface area contributed by atoms with Crippen molar-refractivity contribution in [2.75, 3.05) is 20.8 Å². The molecule has 6 nitrogen and oxygen atoms in total. The quantitative estimate of drug-likeness (QED) is 0.856. The van der Waals surface area contributed by atoms with Crippen molar-refractivity contribution in [3.05, 3.63) is 23.8 Å². The standard InChI is InChI=1S/C15H19NO5/c1-20-12-8-5-6-10(13(12)17)14(18)16-9-4-3-7-11(16)15(19)21-2/h5-6,8,11,17H,3-4,7,9H2,1-2H3/t11-/m1/s1. The van der Waals surface area contributed by atoms with Gasteiger partial charge in [0.15, 0.2) is 11.5 Å². The summed E-state index contributed by atoms with van der Waals surface area (Å²) in [4.78, 5) is 25.9. The van der Waals surface area contributed by atoms with Gasteiger partial charge < -0.3 is 19.5 Å². The van der Waals surface area contributed by atoms with Gasteiger partial charge in [-0.2, -0.15) is 0 Å². The van der Waals surface area contributed by atoms with E-state index in [1.54, 1.807) is 12.1 Å². The number of para-hydroxylation sites is 1. The van der Waals surface area contributed by atoms with Crippen molar-refractivity contribution in [2.24, 2.45) is 0 Å². The number of phenols is 1. The van der Waals surface area contributed by atoms with Crippen molar-refractivity contribution in [2.45, 2.75) is 25.3 Å². The second-order valence-electron chi connectivity index (χ2n) is 4.89. The summed E-state index contributed by atoms with van der Waals surface area (Å²) in [5.74, 6) is -0.793. The minimum absolute atomic E-state index is 0.130. The fourth-order valence-corrected chi connectivity index (χ4v) is 2.57. The average Bonchev–Trinajstić information content (AvgIpc) is 2.53. The lowest BCUT2D eigenvalue weighted by atomic mass is 10.0.